The lowest BCUT2D eigenvalue weighted by molar-refractivity contribution is -0.116. The van der Waals surface area contributed by atoms with Crippen LogP contribution in [0.1, 0.15) is 24.1 Å². The second kappa shape index (κ2) is 6.10. The van der Waals surface area contributed by atoms with E-state index in [-0.39, 0.29) is 18.3 Å². The van der Waals surface area contributed by atoms with Gasteiger partial charge in [0.05, 0.1) is 6.54 Å². The number of benzene rings is 1. The second-order valence-electron chi connectivity index (χ2n) is 4.39. The van der Waals surface area contributed by atoms with Gasteiger partial charge >= 0.3 is 0 Å². The second-order valence-corrected chi connectivity index (χ2v) is 4.39. The molecule has 0 radical (unpaired) electrons. The molecule has 2 rings (SSSR count). The number of rotatable bonds is 4. The Morgan fingerprint density at radius 2 is 2.30 bits per heavy atom. The molecule has 0 aliphatic rings. The number of carbonyl (C=O) groups is 1. The molecule has 0 fully saturated rings. The average molecular weight is 274 g/mol. The van der Waals surface area contributed by atoms with Gasteiger partial charge in [-0.2, -0.15) is 5.10 Å². The molecule has 0 bridgehead atoms. The first kappa shape index (κ1) is 13.9. The Morgan fingerprint density at radius 3 is 2.95 bits per heavy atom. The van der Waals surface area contributed by atoms with Crippen molar-refractivity contribution < 1.29 is 9.18 Å². The van der Waals surface area contributed by atoms with E-state index >= 15 is 0 Å². The van der Waals surface area contributed by atoms with E-state index in [1.807, 2.05) is 0 Å². The molecule has 0 saturated heterocycles. The van der Waals surface area contributed by atoms with Crippen LogP contribution in [0.25, 0.3) is 5.57 Å². The monoisotopic (exact) mass is 274 g/mol. The number of hydrogen-bond donors (Lipinski definition) is 2. The smallest absolute Gasteiger partial charge is 0.244 e. The fourth-order valence-electron chi connectivity index (χ4n) is 1.70. The maximum atomic E-state index is 13.1. The van der Waals surface area contributed by atoms with E-state index in [1.165, 1.54) is 18.2 Å². The van der Waals surface area contributed by atoms with Gasteiger partial charge in [0.2, 0.25) is 5.91 Å². The Bertz CT molecular complexity index is 648. The molecule has 20 heavy (non-hydrogen) atoms. The average Bonchev–Trinajstić information content (AvgIpc) is 2.82. The number of amides is 1. The topological polar surface area (TPSA) is 70.7 Å². The molecule has 0 unspecified atom stereocenters. The first-order valence-electron chi connectivity index (χ1n) is 6.14. The summed E-state index contributed by atoms with van der Waals surface area (Å²) in [5.74, 6) is 0.620. The predicted molar refractivity (Wildman–Crippen MR) is 73.0 cm³/mol. The van der Waals surface area contributed by atoms with Gasteiger partial charge in [0.25, 0.3) is 0 Å². The molecule has 1 aromatic carbocycles. The summed E-state index contributed by atoms with van der Waals surface area (Å²) in [6.07, 6.45) is 1.42. The minimum absolute atomic E-state index is 0.246. The SMILES string of the molecule is CC(=CC(=O)NCc1n[nH]c(C)n1)c1cccc(F)c1. The molecule has 2 aromatic rings. The minimum atomic E-state index is -0.327. The quantitative estimate of drug-likeness (QED) is 0.837. The number of halogens is 1. The van der Waals surface area contributed by atoms with Crippen molar-refractivity contribution in [3.05, 3.63) is 53.4 Å². The van der Waals surface area contributed by atoms with Crippen LogP contribution in [0.5, 0.6) is 0 Å². The lowest BCUT2D eigenvalue weighted by Gasteiger charge is -2.02. The van der Waals surface area contributed by atoms with E-state index in [0.29, 0.717) is 22.8 Å². The molecule has 0 aliphatic heterocycles. The van der Waals surface area contributed by atoms with Gasteiger partial charge in [-0.15, -0.1) is 0 Å². The summed E-state index contributed by atoms with van der Waals surface area (Å²) >= 11 is 0. The standard InChI is InChI=1S/C14H15FN4O/c1-9(11-4-3-5-12(15)7-11)6-14(20)16-8-13-17-10(2)18-19-13/h3-7H,8H2,1-2H3,(H,16,20)(H,17,18,19). The molecule has 0 atom stereocenters. The molecule has 104 valence electrons. The van der Waals surface area contributed by atoms with Crippen molar-refractivity contribution in [2.24, 2.45) is 0 Å². The summed E-state index contributed by atoms with van der Waals surface area (Å²) in [7, 11) is 0. The highest BCUT2D eigenvalue weighted by atomic mass is 19.1. The van der Waals surface area contributed by atoms with E-state index in [9.17, 15) is 9.18 Å². The third-order valence-corrected chi connectivity index (χ3v) is 2.69. The highest BCUT2D eigenvalue weighted by Gasteiger charge is 2.04. The molecule has 0 spiro atoms. The number of carbonyl (C=O) groups excluding carboxylic acids is 1. The molecule has 0 aliphatic carbocycles. The minimum Gasteiger partial charge on any atom is -0.345 e. The number of allylic oxidation sites excluding steroid dienone is 1. The Kier molecular flexibility index (Phi) is 4.24. The van der Waals surface area contributed by atoms with Crippen molar-refractivity contribution in [2.75, 3.05) is 0 Å². The zero-order valence-electron chi connectivity index (χ0n) is 11.3. The van der Waals surface area contributed by atoms with Gasteiger partial charge in [0, 0.05) is 6.08 Å². The number of aromatic amines is 1. The van der Waals surface area contributed by atoms with Crippen LogP contribution in [-0.4, -0.2) is 21.1 Å². The molecular weight excluding hydrogens is 259 g/mol. The van der Waals surface area contributed by atoms with Gasteiger partial charge in [-0.25, -0.2) is 9.37 Å². The summed E-state index contributed by atoms with van der Waals surface area (Å²) in [4.78, 5) is 15.8. The lowest BCUT2D eigenvalue weighted by atomic mass is 10.1. The highest BCUT2D eigenvalue weighted by molar-refractivity contribution is 5.94. The van der Waals surface area contributed by atoms with Crippen LogP contribution in [0.3, 0.4) is 0 Å². The largest absolute Gasteiger partial charge is 0.345 e. The molecule has 1 amide bonds. The van der Waals surface area contributed by atoms with Crippen LogP contribution in [-0.2, 0) is 11.3 Å². The maximum absolute atomic E-state index is 13.1. The van der Waals surface area contributed by atoms with Crippen molar-refractivity contribution in [3.63, 3.8) is 0 Å². The molecule has 1 heterocycles. The zero-order valence-corrected chi connectivity index (χ0v) is 11.3. The molecule has 1 aromatic heterocycles. The number of nitrogens with one attached hydrogen (secondary N) is 2. The Balaban J connectivity index is 1.97. The van der Waals surface area contributed by atoms with Crippen LogP contribution >= 0.6 is 0 Å². The first-order valence-corrected chi connectivity index (χ1v) is 6.14. The Morgan fingerprint density at radius 1 is 1.50 bits per heavy atom. The van der Waals surface area contributed by atoms with Crippen molar-refractivity contribution in [1.82, 2.24) is 20.5 Å². The fraction of sp³-hybridized carbons (Fsp3) is 0.214. The van der Waals surface area contributed by atoms with E-state index in [1.54, 1.807) is 26.0 Å². The summed E-state index contributed by atoms with van der Waals surface area (Å²) < 4.78 is 13.1. The van der Waals surface area contributed by atoms with E-state index < -0.39 is 0 Å². The Hall–Kier alpha value is -2.50. The summed E-state index contributed by atoms with van der Waals surface area (Å²) in [6.45, 7) is 3.79. The van der Waals surface area contributed by atoms with Gasteiger partial charge in [-0.3, -0.25) is 9.89 Å². The van der Waals surface area contributed by atoms with Crippen LogP contribution < -0.4 is 5.32 Å². The molecule has 0 saturated carbocycles. The van der Waals surface area contributed by atoms with E-state index in [4.69, 9.17) is 0 Å². The van der Waals surface area contributed by atoms with Crippen molar-refractivity contribution in [2.45, 2.75) is 20.4 Å². The van der Waals surface area contributed by atoms with Gasteiger partial charge in [0.1, 0.15) is 11.6 Å². The number of nitrogens with zero attached hydrogens (tertiary/aromatic N) is 2. The van der Waals surface area contributed by atoms with Gasteiger partial charge in [-0.05, 0) is 37.1 Å². The van der Waals surface area contributed by atoms with Gasteiger partial charge in [-0.1, -0.05) is 12.1 Å². The normalized spacial score (nSPS) is 11.4. The lowest BCUT2D eigenvalue weighted by Crippen LogP contribution is -2.21. The molecule has 2 N–H and O–H groups in total. The highest BCUT2D eigenvalue weighted by Crippen LogP contribution is 2.14. The summed E-state index contributed by atoms with van der Waals surface area (Å²) in [6, 6.07) is 6.11. The van der Waals surface area contributed by atoms with Gasteiger partial charge < -0.3 is 5.32 Å². The number of aryl methyl sites for hydroxylation is 1. The molecule has 5 nitrogen and oxygen atoms in total. The summed E-state index contributed by atoms with van der Waals surface area (Å²) in [5.41, 5.74) is 1.36. The molecule has 6 heteroatoms. The van der Waals surface area contributed by atoms with Crippen LogP contribution in [0.2, 0.25) is 0 Å². The summed E-state index contributed by atoms with van der Waals surface area (Å²) in [5, 5.41) is 9.28. The van der Waals surface area contributed by atoms with E-state index in [2.05, 4.69) is 20.5 Å². The van der Waals surface area contributed by atoms with Crippen LogP contribution in [0, 0.1) is 12.7 Å². The first-order chi connectivity index (χ1) is 9.54. The van der Waals surface area contributed by atoms with Crippen molar-refractivity contribution >= 4 is 11.5 Å². The number of hydrogen-bond acceptors (Lipinski definition) is 3. The third kappa shape index (κ3) is 3.74. The molecular formula is C14H15FN4O. The van der Waals surface area contributed by atoms with Crippen LogP contribution in [0.4, 0.5) is 4.39 Å². The number of aromatic nitrogens is 3. The van der Waals surface area contributed by atoms with Crippen molar-refractivity contribution in [3.8, 4) is 0 Å². The van der Waals surface area contributed by atoms with E-state index in [0.717, 1.165) is 0 Å². The van der Waals surface area contributed by atoms with Crippen LogP contribution in [0.15, 0.2) is 30.3 Å². The Labute approximate surface area is 115 Å². The zero-order chi connectivity index (χ0) is 14.5. The predicted octanol–water partition coefficient (Wildman–Crippen LogP) is 1.97. The van der Waals surface area contributed by atoms with Crippen molar-refractivity contribution in [1.29, 1.82) is 0 Å². The fourth-order valence-corrected chi connectivity index (χ4v) is 1.70. The van der Waals surface area contributed by atoms with Gasteiger partial charge in [0.15, 0.2) is 5.82 Å². The number of H-pyrrole nitrogens is 1. The maximum Gasteiger partial charge on any atom is 0.244 e. The third-order valence-electron chi connectivity index (χ3n) is 2.69.